The van der Waals surface area contributed by atoms with Gasteiger partial charge in [0, 0.05) is 29.7 Å². The Balaban J connectivity index is 0.00000169. The minimum Gasteiger partial charge on any atom is -0.388 e. The van der Waals surface area contributed by atoms with Crippen LogP contribution >= 0.6 is 11.6 Å². The molecule has 0 aliphatic heterocycles. The molecule has 238 valence electrons. The van der Waals surface area contributed by atoms with Crippen molar-refractivity contribution in [2.45, 2.75) is 58.4 Å². The largest absolute Gasteiger partial charge is 0.388 e. The number of hydrogen-bond acceptors (Lipinski definition) is 5. The van der Waals surface area contributed by atoms with Gasteiger partial charge in [-0.25, -0.2) is 18.0 Å². The van der Waals surface area contributed by atoms with Crippen LogP contribution in [0.3, 0.4) is 0 Å². The van der Waals surface area contributed by atoms with E-state index in [9.17, 15) is 13.6 Å². The van der Waals surface area contributed by atoms with Crippen molar-refractivity contribution in [1.82, 2.24) is 19.9 Å². The number of unbranched alkanes of at least 4 members (excludes halogenated alkanes) is 1. The summed E-state index contributed by atoms with van der Waals surface area (Å²) in [6, 6.07) is 13.4. The van der Waals surface area contributed by atoms with E-state index < -0.39 is 18.4 Å². The van der Waals surface area contributed by atoms with Crippen molar-refractivity contribution in [1.29, 1.82) is 0 Å². The molecule has 1 unspecified atom stereocenters. The molecule has 6 N–H and O–H groups in total. The SMILES string of the molecule is CCCC(NCCCN=C(C)N)c1ccc(-n2cc3cc(-c4cc(CCCCN)cc(Cl)c4F)[nH]c3nc2=O)cc1.FCF. The summed E-state index contributed by atoms with van der Waals surface area (Å²) < 4.78 is 35.8. The van der Waals surface area contributed by atoms with Gasteiger partial charge in [-0.15, -0.1) is 0 Å². The van der Waals surface area contributed by atoms with E-state index in [1.165, 1.54) is 4.57 Å². The molecule has 0 amide bonds. The fraction of sp³-hybridized carbons (Fsp3) is 0.406. The maximum absolute atomic E-state index is 15.0. The summed E-state index contributed by atoms with van der Waals surface area (Å²) in [7, 11) is 0. The van der Waals surface area contributed by atoms with Crippen LogP contribution in [0.15, 0.2) is 58.4 Å². The summed E-state index contributed by atoms with van der Waals surface area (Å²) in [5, 5.41) is 4.36. The molecule has 0 spiro atoms. The lowest BCUT2D eigenvalue weighted by molar-refractivity contribution is 0.295. The Morgan fingerprint density at radius 3 is 2.55 bits per heavy atom. The molecule has 4 aromatic rings. The number of fused-ring (bicyclic) bond motifs is 1. The number of nitrogens with one attached hydrogen (secondary N) is 2. The van der Waals surface area contributed by atoms with Gasteiger partial charge in [-0.05, 0) is 93.6 Å². The van der Waals surface area contributed by atoms with Crippen molar-refractivity contribution in [2.24, 2.45) is 16.5 Å². The van der Waals surface area contributed by atoms with Crippen LogP contribution in [-0.2, 0) is 6.42 Å². The molecule has 4 rings (SSSR count). The normalized spacial score (nSPS) is 12.3. The minimum absolute atomic E-state index is 0.0616. The molecule has 44 heavy (non-hydrogen) atoms. The highest BCUT2D eigenvalue weighted by molar-refractivity contribution is 6.31. The van der Waals surface area contributed by atoms with Gasteiger partial charge in [0.05, 0.1) is 22.2 Å². The van der Waals surface area contributed by atoms with Crippen molar-refractivity contribution < 1.29 is 13.2 Å². The Bertz CT molecular complexity index is 1570. The minimum atomic E-state index is -1.75. The van der Waals surface area contributed by atoms with E-state index in [1.807, 2.05) is 24.3 Å². The van der Waals surface area contributed by atoms with E-state index in [4.69, 9.17) is 23.1 Å². The standard InChI is InChI=1S/C31H39ClFN7O.CH2F2/c1-3-7-27(37-15-6-14-36-20(2)35)22-9-11-24(12-10-22)40-19-23-18-28(38-30(23)39-31(40)41)25-16-21(8-4-5-13-34)17-26(32)29(25)33;2-1-3/h9-12,16-19,27,37H,3-8,13-15,34H2,1-2H3,(H2,35,36)(H,38,39,41);1H2. The first kappa shape index (κ1) is 34.8. The Morgan fingerprint density at radius 1 is 1.16 bits per heavy atom. The lowest BCUT2D eigenvalue weighted by atomic mass is 10.0. The molecule has 12 heteroatoms. The number of alkyl halides is 2. The zero-order valence-corrected chi connectivity index (χ0v) is 25.9. The van der Waals surface area contributed by atoms with E-state index in [1.54, 1.807) is 31.3 Å². The first-order valence-corrected chi connectivity index (χ1v) is 15.1. The first-order chi connectivity index (χ1) is 21.2. The molecular weight excluding hydrogens is 591 g/mol. The van der Waals surface area contributed by atoms with Gasteiger partial charge in [-0.2, -0.15) is 4.98 Å². The van der Waals surface area contributed by atoms with Crippen molar-refractivity contribution >= 4 is 28.5 Å². The average molecular weight is 632 g/mol. The van der Waals surface area contributed by atoms with Gasteiger partial charge in [-0.3, -0.25) is 9.56 Å². The van der Waals surface area contributed by atoms with Gasteiger partial charge in [-0.1, -0.05) is 37.1 Å². The van der Waals surface area contributed by atoms with Gasteiger partial charge in [0.15, 0.2) is 5.82 Å². The Hall–Kier alpha value is -3.67. The topological polar surface area (TPSA) is 127 Å². The summed E-state index contributed by atoms with van der Waals surface area (Å²) in [6.07, 6.45) is 7.19. The van der Waals surface area contributed by atoms with Crippen LogP contribution in [0.1, 0.15) is 63.1 Å². The van der Waals surface area contributed by atoms with Crippen LogP contribution in [0.25, 0.3) is 28.0 Å². The van der Waals surface area contributed by atoms with Gasteiger partial charge in [0.2, 0.25) is 6.93 Å². The fourth-order valence-electron chi connectivity index (χ4n) is 4.94. The highest BCUT2D eigenvalue weighted by atomic mass is 35.5. The lowest BCUT2D eigenvalue weighted by Gasteiger charge is -2.19. The number of aryl methyl sites for hydroxylation is 1. The summed E-state index contributed by atoms with van der Waals surface area (Å²) >= 11 is 6.22. The number of aliphatic imine (C=N–C) groups is 1. The Labute approximate surface area is 260 Å². The molecule has 0 bridgehead atoms. The third-order valence-corrected chi connectivity index (χ3v) is 7.32. The second kappa shape index (κ2) is 17.6. The number of nitrogens with zero attached hydrogens (tertiary/aromatic N) is 3. The predicted octanol–water partition coefficient (Wildman–Crippen LogP) is 6.54. The number of H-pyrrole nitrogens is 1. The third-order valence-electron chi connectivity index (χ3n) is 7.04. The fourth-order valence-corrected chi connectivity index (χ4v) is 5.18. The van der Waals surface area contributed by atoms with Crippen molar-refractivity contribution in [3.05, 3.63) is 81.1 Å². The number of nitrogens with two attached hydrogens (primary N) is 2. The van der Waals surface area contributed by atoms with Crippen LogP contribution < -0.4 is 22.5 Å². The lowest BCUT2D eigenvalue weighted by Crippen LogP contribution is -2.23. The van der Waals surface area contributed by atoms with Crippen LogP contribution in [0, 0.1) is 5.82 Å². The molecular formula is C32H41ClF3N7O. The highest BCUT2D eigenvalue weighted by Crippen LogP contribution is 2.31. The zero-order valence-electron chi connectivity index (χ0n) is 25.2. The van der Waals surface area contributed by atoms with E-state index in [2.05, 4.69) is 27.2 Å². The van der Waals surface area contributed by atoms with Crippen LogP contribution in [0.4, 0.5) is 13.2 Å². The maximum atomic E-state index is 15.0. The van der Waals surface area contributed by atoms with Gasteiger partial charge in [0.25, 0.3) is 0 Å². The van der Waals surface area contributed by atoms with Crippen LogP contribution in [0.5, 0.6) is 0 Å². The zero-order chi connectivity index (χ0) is 32.1. The molecule has 8 nitrogen and oxygen atoms in total. The average Bonchev–Trinajstić information content (AvgIpc) is 3.41. The molecule has 0 aliphatic rings. The van der Waals surface area contributed by atoms with Crippen LogP contribution in [-0.4, -0.2) is 46.9 Å². The second-order valence-electron chi connectivity index (χ2n) is 10.4. The number of rotatable bonds is 14. The van der Waals surface area contributed by atoms with E-state index in [-0.39, 0.29) is 11.1 Å². The number of halogens is 4. The van der Waals surface area contributed by atoms with Gasteiger partial charge in [0.1, 0.15) is 5.65 Å². The summed E-state index contributed by atoms with van der Waals surface area (Å²) in [5.74, 6) is 0.0911. The predicted molar refractivity (Wildman–Crippen MR) is 174 cm³/mol. The molecule has 0 saturated carbocycles. The Morgan fingerprint density at radius 2 is 1.89 bits per heavy atom. The number of aromatic amines is 1. The molecule has 2 aromatic heterocycles. The smallest absolute Gasteiger partial charge is 0.354 e. The van der Waals surface area contributed by atoms with E-state index in [0.717, 1.165) is 56.2 Å². The molecule has 0 aliphatic carbocycles. The second-order valence-corrected chi connectivity index (χ2v) is 10.8. The van der Waals surface area contributed by atoms with Crippen molar-refractivity contribution in [2.75, 3.05) is 26.6 Å². The summed E-state index contributed by atoms with van der Waals surface area (Å²) in [5.41, 5.74) is 14.8. The van der Waals surface area contributed by atoms with Gasteiger partial charge < -0.3 is 21.8 Å². The highest BCUT2D eigenvalue weighted by Gasteiger charge is 2.16. The van der Waals surface area contributed by atoms with E-state index in [0.29, 0.717) is 46.9 Å². The Kier molecular flexibility index (Phi) is 13.9. The maximum Gasteiger partial charge on any atom is 0.354 e. The first-order valence-electron chi connectivity index (χ1n) is 14.7. The molecule has 1 atom stereocenters. The molecule has 0 saturated heterocycles. The van der Waals surface area contributed by atoms with Crippen molar-refractivity contribution in [3.8, 4) is 16.9 Å². The number of amidine groups is 1. The quantitative estimate of drug-likeness (QED) is 0.0714. The van der Waals surface area contributed by atoms with E-state index >= 15 is 4.39 Å². The summed E-state index contributed by atoms with van der Waals surface area (Å²) in [6.45, 7) is 4.35. The summed E-state index contributed by atoms with van der Waals surface area (Å²) in [4.78, 5) is 24.6. The molecule has 0 radical (unpaired) electrons. The van der Waals surface area contributed by atoms with Gasteiger partial charge >= 0.3 is 5.69 Å². The number of benzene rings is 2. The van der Waals surface area contributed by atoms with Crippen molar-refractivity contribution in [3.63, 3.8) is 0 Å². The monoisotopic (exact) mass is 631 g/mol. The third kappa shape index (κ3) is 9.67. The molecule has 0 fully saturated rings. The number of aromatic nitrogens is 3. The number of hydrogen-bond donors (Lipinski definition) is 4. The van der Waals surface area contributed by atoms with Crippen LogP contribution in [0.2, 0.25) is 5.02 Å². The molecule has 2 heterocycles. The molecule has 2 aromatic carbocycles.